The quantitative estimate of drug-likeness (QED) is 0.777. The molecule has 0 radical (unpaired) electrons. The van der Waals surface area contributed by atoms with E-state index in [9.17, 15) is 4.79 Å². The van der Waals surface area contributed by atoms with Crippen molar-refractivity contribution in [1.29, 1.82) is 0 Å². The highest BCUT2D eigenvalue weighted by Gasteiger charge is 2.43. The minimum absolute atomic E-state index is 0.0731. The van der Waals surface area contributed by atoms with E-state index in [1.165, 1.54) is 0 Å². The van der Waals surface area contributed by atoms with E-state index in [1.807, 2.05) is 25.8 Å². The van der Waals surface area contributed by atoms with Gasteiger partial charge < -0.3 is 19.7 Å². The smallest absolute Gasteiger partial charge is 0.228 e. The fourth-order valence-corrected chi connectivity index (χ4v) is 3.30. The van der Waals surface area contributed by atoms with Gasteiger partial charge in [0.15, 0.2) is 0 Å². The van der Waals surface area contributed by atoms with Crippen LogP contribution < -0.4 is 5.32 Å². The third-order valence-electron chi connectivity index (χ3n) is 4.47. The molecule has 0 aromatic rings. The van der Waals surface area contributed by atoms with Crippen molar-refractivity contribution in [2.24, 2.45) is 5.41 Å². The number of carbonyl (C=O) groups excluding carboxylic acids is 1. The lowest BCUT2D eigenvalue weighted by atomic mass is 9.79. The van der Waals surface area contributed by atoms with Crippen molar-refractivity contribution >= 4 is 5.91 Å². The van der Waals surface area contributed by atoms with Gasteiger partial charge in [-0.3, -0.25) is 4.79 Å². The Balaban J connectivity index is 2.83. The van der Waals surface area contributed by atoms with E-state index in [1.54, 1.807) is 14.2 Å². The minimum atomic E-state index is -0.416. The Hall–Kier alpha value is -0.650. The Kier molecular flexibility index (Phi) is 6.20. The van der Waals surface area contributed by atoms with Gasteiger partial charge in [0.1, 0.15) is 0 Å². The molecule has 1 rings (SSSR count). The summed E-state index contributed by atoms with van der Waals surface area (Å²) in [4.78, 5) is 14.9. The van der Waals surface area contributed by atoms with Crippen LogP contribution in [0.3, 0.4) is 0 Å². The fourth-order valence-electron chi connectivity index (χ4n) is 3.30. The first kappa shape index (κ1) is 18.4. The predicted molar refractivity (Wildman–Crippen MR) is 84.3 cm³/mol. The number of nitrogens with one attached hydrogen (secondary N) is 1. The van der Waals surface area contributed by atoms with Crippen LogP contribution in [0, 0.1) is 5.41 Å². The summed E-state index contributed by atoms with van der Waals surface area (Å²) in [7, 11) is 5.32. The molecule has 21 heavy (non-hydrogen) atoms. The maximum atomic E-state index is 13.0. The molecule has 1 amide bonds. The second-order valence-corrected chi connectivity index (χ2v) is 7.35. The molecule has 1 aliphatic heterocycles. The number of ether oxygens (including phenoxy) is 2. The van der Waals surface area contributed by atoms with Crippen molar-refractivity contribution in [3.8, 4) is 0 Å². The van der Waals surface area contributed by atoms with Crippen molar-refractivity contribution in [3.63, 3.8) is 0 Å². The van der Waals surface area contributed by atoms with Gasteiger partial charge in [0, 0.05) is 31.7 Å². The highest BCUT2D eigenvalue weighted by Crippen LogP contribution is 2.33. The number of methoxy groups -OCH3 is 2. The summed E-state index contributed by atoms with van der Waals surface area (Å²) in [6.07, 6.45) is 1.74. The third-order valence-corrected chi connectivity index (χ3v) is 4.47. The summed E-state index contributed by atoms with van der Waals surface area (Å²) in [6, 6.07) is 0.115. The lowest BCUT2D eigenvalue weighted by molar-refractivity contribution is -0.143. The molecule has 1 saturated heterocycles. The number of carbonyl (C=O) groups is 1. The molecule has 0 bridgehead atoms. The number of hydrogen-bond donors (Lipinski definition) is 1. The number of nitrogens with zero attached hydrogens (tertiary/aromatic N) is 1. The zero-order valence-corrected chi connectivity index (χ0v) is 14.7. The number of amides is 1. The Morgan fingerprint density at radius 2 is 1.90 bits per heavy atom. The van der Waals surface area contributed by atoms with Crippen LogP contribution in [0.4, 0.5) is 0 Å². The van der Waals surface area contributed by atoms with Gasteiger partial charge in [0.05, 0.1) is 18.8 Å². The molecule has 1 N–H and O–H groups in total. The van der Waals surface area contributed by atoms with E-state index in [-0.39, 0.29) is 23.6 Å². The number of likely N-dealkylation sites (tertiary alicyclic amines) is 1. The lowest BCUT2D eigenvalue weighted by Gasteiger charge is -2.38. The van der Waals surface area contributed by atoms with E-state index < -0.39 is 5.41 Å². The van der Waals surface area contributed by atoms with Crippen molar-refractivity contribution < 1.29 is 14.3 Å². The maximum Gasteiger partial charge on any atom is 0.228 e. The standard InChI is InChI=1S/C16H32N2O3/c1-15(2,11-16(3,4)17-5)14(19)18-9-13(21-7)8-12(18)10-20-6/h12-13,17H,8-11H2,1-7H3/t12-,13+/m0/s1. The van der Waals surface area contributed by atoms with Crippen LogP contribution >= 0.6 is 0 Å². The van der Waals surface area contributed by atoms with Crippen LogP contribution in [0.5, 0.6) is 0 Å². The SMILES string of the molecule is CNC(C)(C)CC(C)(C)C(=O)N1C[C@H](OC)C[C@H]1COC. The molecular weight excluding hydrogens is 268 g/mol. The average molecular weight is 300 g/mol. The largest absolute Gasteiger partial charge is 0.383 e. The molecule has 2 atom stereocenters. The lowest BCUT2D eigenvalue weighted by Crippen LogP contribution is -2.50. The van der Waals surface area contributed by atoms with E-state index in [0.717, 1.165) is 12.8 Å². The van der Waals surface area contributed by atoms with Crippen LogP contribution in [-0.4, -0.2) is 62.9 Å². The van der Waals surface area contributed by atoms with Crippen LogP contribution in [0.2, 0.25) is 0 Å². The minimum Gasteiger partial charge on any atom is -0.383 e. The second-order valence-electron chi connectivity index (χ2n) is 7.35. The summed E-state index contributed by atoms with van der Waals surface area (Å²) >= 11 is 0. The van der Waals surface area contributed by atoms with Crippen LogP contribution in [0.1, 0.15) is 40.5 Å². The summed E-state index contributed by atoms with van der Waals surface area (Å²) in [6.45, 7) is 9.52. The number of hydrogen-bond acceptors (Lipinski definition) is 4. The van der Waals surface area contributed by atoms with E-state index in [0.29, 0.717) is 13.2 Å². The van der Waals surface area contributed by atoms with Gasteiger partial charge in [-0.05, 0) is 33.7 Å². The molecule has 0 aromatic heterocycles. The Morgan fingerprint density at radius 3 is 2.38 bits per heavy atom. The molecule has 0 spiro atoms. The Labute approximate surface area is 129 Å². The summed E-state index contributed by atoms with van der Waals surface area (Å²) in [5.74, 6) is 0.187. The van der Waals surface area contributed by atoms with Gasteiger partial charge in [-0.25, -0.2) is 0 Å². The highest BCUT2D eigenvalue weighted by atomic mass is 16.5. The normalized spacial score (nSPS) is 23.7. The van der Waals surface area contributed by atoms with Crippen LogP contribution in [0.15, 0.2) is 0 Å². The van der Waals surface area contributed by atoms with E-state index in [4.69, 9.17) is 9.47 Å². The first-order valence-corrected chi connectivity index (χ1v) is 7.68. The van der Waals surface area contributed by atoms with Gasteiger partial charge in [-0.2, -0.15) is 0 Å². The summed E-state index contributed by atoms with van der Waals surface area (Å²) in [5.41, 5.74) is -0.489. The van der Waals surface area contributed by atoms with Gasteiger partial charge >= 0.3 is 0 Å². The predicted octanol–water partition coefficient (Wildman–Crippen LogP) is 1.66. The highest BCUT2D eigenvalue weighted by molar-refractivity contribution is 5.82. The zero-order chi connectivity index (χ0) is 16.3. The molecule has 0 unspecified atom stereocenters. The topological polar surface area (TPSA) is 50.8 Å². The monoisotopic (exact) mass is 300 g/mol. The molecule has 5 heteroatoms. The van der Waals surface area contributed by atoms with Crippen molar-refractivity contribution in [1.82, 2.24) is 10.2 Å². The summed E-state index contributed by atoms with van der Waals surface area (Å²) in [5, 5.41) is 3.28. The Bertz CT molecular complexity index is 355. The molecule has 0 aliphatic carbocycles. The van der Waals surface area contributed by atoms with Crippen molar-refractivity contribution in [2.75, 3.05) is 34.4 Å². The van der Waals surface area contributed by atoms with Crippen molar-refractivity contribution in [3.05, 3.63) is 0 Å². The van der Waals surface area contributed by atoms with E-state index in [2.05, 4.69) is 19.2 Å². The van der Waals surface area contributed by atoms with E-state index >= 15 is 0 Å². The first-order chi connectivity index (χ1) is 9.66. The molecule has 0 aromatic carbocycles. The zero-order valence-electron chi connectivity index (χ0n) is 14.7. The average Bonchev–Trinajstić information content (AvgIpc) is 2.80. The molecule has 1 heterocycles. The Morgan fingerprint density at radius 1 is 1.29 bits per heavy atom. The second kappa shape index (κ2) is 7.07. The third kappa shape index (κ3) is 4.66. The molecule has 1 fully saturated rings. The van der Waals surface area contributed by atoms with Gasteiger partial charge in [-0.15, -0.1) is 0 Å². The van der Waals surface area contributed by atoms with Gasteiger partial charge in [0.25, 0.3) is 0 Å². The van der Waals surface area contributed by atoms with Gasteiger partial charge in [-0.1, -0.05) is 13.8 Å². The fraction of sp³-hybridized carbons (Fsp3) is 0.938. The molecule has 0 saturated carbocycles. The molecule has 124 valence electrons. The molecule has 1 aliphatic rings. The maximum absolute atomic E-state index is 13.0. The molecule has 5 nitrogen and oxygen atoms in total. The van der Waals surface area contributed by atoms with Crippen LogP contribution in [0.25, 0.3) is 0 Å². The first-order valence-electron chi connectivity index (χ1n) is 7.68. The van der Waals surface area contributed by atoms with Crippen LogP contribution in [-0.2, 0) is 14.3 Å². The van der Waals surface area contributed by atoms with Crippen molar-refractivity contribution in [2.45, 2.75) is 58.2 Å². The summed E-state index contributed by atoms with van der Waals surface area (Å²) < 4.78 is 10.7. The number of rotatable bonds is 7. The molecular formula is C16H32N2O3. The van der Waals surface area contributed by atoms with Gasteiger partial charge in [0.2, 0.25) is 5.91 Å².